The first-order chi connectivity index (χ1) is 19.4. The summed E-state index contributed by atoms with van der Waals surface area (Å²) in [5.74, 6) is -2.60. The summed E-state index contributed by atoms with van der Waals surface area (Å²) in [6.45, 7) is 2.34. The fourth-order valence-corrected chi connectivity index (χ4v) is 3.17. The largest absolute Gasteiger partial charge is 0.480 e. The van der Waals surface area contributed by atoms with Gasteiger partial charge in [-0.25, -0.2) is 9.59 Å². The highest BCUT2D eigenvalue weighted by molar-refractivity contribution is 5.94. The maximum absolute atomic E-state index is 12.1. The molecule has 0 radical (unpaired) electrons. The molecular formula is C32H46N2O6. The molecular weight excluding hydrogens is 508 g/mol. The first-order valence-corrected chi connectivity index (χ1v) is 13.9. The third-order valence-corrected chi connectivity index (χ3v) is 5.31. The number of hydrogen-bond acceptors (Lipinski definition) is 5. The molecule has 0 saturated carbocycles. The van der Waals surface area contributed by atoms with Gasteiger partial charge < -0.3 is 20.5 Å². The van der Waals surface area contributed by atoms with Gasteiger partial charge in [-0.05, 0) is 57.8 Å². The van der Waals surface area contributed by atoms with Crippen LogP contribution in [0.1, 0.15) is 71.1 Å². The van der Waals surface area contributed by atoms with E-state index in [1.807, 2.05) is 12.2 Å². The fraction of sp³-hybridized carbons (Fsp3) is 0.438. The number of nitrogens with one attached hydrogen (secondary N) is 2. The van der Waals surface area contributed by atoms with Crippen molar-refractivity contribution in [2.24, 2.45) is 0 Å². The van der Waals surface area contributed by atoms with Crippen molar-refractivity contribution in [3.05, 3.63) is 85.1 Å². The number of esters is 1. The Morgan fingerprint density at radius 2 is 1.25 bits per heavy atom. The quantitative estimate of drug-likeness (QED) is 0.0687. The van der Waals surface area contributed by atoms with Gasteiger partial charge >= 0.3 is 11.9 Å². The van der Waals surface area contributed by atoms with Crippen molar-refractivity contribution >= 4 is 23.8 Å². The predicted molar refractivity (Wildman–Crippen MR) is 160 cm³/mol. The molecule has 0 rings (SSSR count). The Morgan fingerprint density at radius 3 is 1.73 bits per heavy atom. The van der Waals surface area contributed by atoms with Crippen molar-refractivity contribution in [3.8, 4) is 0 Å². The van der Waals surface area contributed by atoms with Gasteiger partial charge in [0, 0.05) is 25.1 Å². The molecule has 0 spiro atoms. The summed E-state index contributed by atoms with van der Waals surface area (Å²) in [6, 6.07) is -1.03. The molecule has 0 unspecified atom stereocenters. The number of carboxylic acid groups (broad SMARTS) is 1. The van der Waals surface area contributed by atoms with E-state index in [1.165, 1.54) is 7.11 Å². The average Bonchev–Trinajstić information content (AvgIpc) is 2.94. The Kier molecular flexibility index (Phi) is 24.0. The molecule has 220 valence electrons. The molecule has 0 bridgehead atoms. The van der Waals surface area contributed by atoms with Gasteiger partial charge in [-0.3, -0.25) is 9.59 Å². The number of carboxylic acids is 1. The number of carbonyl (C=O) groups excluding carboxylic acids is 3. The van der Waals surface area contributed by atoms with Crippen LogP contribution >= 0.6 is 0 Å². The van der Waals surface area contributed by atoms with Gasteiger partial charge in [-0.2, -0.15) is 0 Å². The summed E-state index contributed by atoms with van der Waals surface area (Å²) in [5, 5.41) is 14.4. The first-order valence-electron chi connectivity index (χ1n) is 13.9. The molecule has 0 aromatic rings. The van der Waals surface area contributed by atoms with Gasteiger partial charge in [-0.1, -0.05) is 79.8 Å². The van der Waals surface area contributed by atoms with Gasteiger partial charge in [0.2, 0.25) is 11.8 Å². The lowest BCUT2D eigenvalue weighted by Gasteiger charge is -2.14. The number of carbonyl (C=O) groups is 4. The van der Waals surface area contributed by atoms with E-state index in [1.54, 1.807) is 0 Å². The Bertz CT molecular complexity index is 941. The van der Waals surface area contributed by atoms with Crippen molar-refractivity contribution in [3.63, 3.8) is 0 Å². The van der Waals surface area contributed by atoms with Crippen LogP contribution in [0.5, 0.6) is 0 Å². The second-order valence-corrected chi connectivity index (χ2v) is 8.70. The minimum absolute atomic E-state index is 0.169. The molecule has 0 saturated heterocycles. The standard InChI is InChI=1S/C32H46N2O6/c1-3-4-5-6-7-8-9-10-11-12-13-14-15-16-17-18-19-20-21-24-30(36)34-28(32(38)39)23-22-27-33-29(35)25-26-31(37)40-2/h4-5,7-8,10-11,13-14,16-17,19-20,25-26,28H,3,6,9,12,15,18,21-24,27H2,1-2H3,(H,33,35)(H,34,36)(H,38,39)/t28-/m0/s1. The molecule has 0 aliphatic carbocycles. The zero-order valence-electron chi connectivity index (χ0n) is 23.9. The van der Waals surface area contributed by atoms with Gasteiger partial charge in [-0.15, -0.1) is 0 Å². The SMILES string of the molecule is CCC=CCC=CCC=CCC=CCC=CCC=CCCC(=O)N[C@@H](CCCNC(=O)C=CC(=O)OC)C(=O)O. The Labute approximate surface area is 239 Å². The van der Waals surface area contributed by atoms with Gasteiger partial charge in [0.15, 0.2) is 0 Å². The molecule has 8 nitrogen and oxygen atoms in total. The summed E-state index contributed by atoms with van der Waals surface area (Å²) >= 11 is 0. The molecule has 0 fully saturated rings. The van der Waals surface area contributed by atoms with Crippen LogP contribution in [0.25, 0.3) is 0 Å². The number of allylic oxidation sites excluding steroid dienone is 12. The van der Waals surface area contributed by atoms with E-state index in [4.69, 9.17) is 0 Å². The molecule has 40 heavy (non-hydrogen) atoms. The lowest BCUT2D eigenvalue weighted by atomic mass is 10.1. The van der Waals surface area contributed by atoms with E-state index in [0.29, 0.717) is 12.8 Å². The Morgan fingerprint density at radius 1 is 0.750 bits per heavy atom. The molecule has 1 atom stereocenters. The van der Waals surface area contributed by atoms with Crippen LogP contribution in [0.3, 0.4) is 0 Å². The summed E-state index contributed by atoms with van der Waals surface area (Å²) in [7, 11) is 1.20. The normalized spacial score (nSPS) is 13.1. The second-order valence-electron chi connectivity index (χ2n) is 8.70. The molecule has 0 heterocycles. The minimum Gasteiger partial charge on any atom is -0.480 e. The van der Waals surface area contributed by atoms with E-state index in [9.17, 15) is 24.3 Å². The maximum atomic E-state index is 12.1. The smallest absolute Gasteiger partial charge is 0.330 e. The number of hydrogen-bond donors (Lipinski definition) is 3. The summed E-state index contributed by atoms with van der Waals surface area (Å²) in [4.78, 5) is 46.0. The number of amides is 2. The zero-order chi connectivity index (χ0) is 29.7. The van der Waals surface area contributed by atoms with E-state index < -0.39 is 23.9 Å². The van der Waals surface area contributed by atoms with Crippen LogP contribution in [0, 0.1) is 0 Å². The predicted octanol–water partition coefficient (Wildman–Crippen LogP) is 5.66. The van der Waals surface area contributed by atoms with Crippen molar-refractivity contribution < 1.29 is 29.0 Å². The van der Waals surface area contributed by atoms with Crippen LogP contribution in [-0.4, -0.2) is 48.6 Å². The topological polar surface area (TPSA) is 122 Å². The monoisotopic (exact) mass is 554 g/mol. The minimum atomic E-state index is -1.13. The molecule has 0 aromatic carbocycles. The van der Waals surface area contributed by atoms with Crippen molar-refractivity contribution in [1.82, 2.24) is 10.6 Å². The van der Waals surface area contributed by atoms with Gasteiger partial charge in [0.25, 0.3) is 0 Å². The summed E-state index contributed by atoms with van der Waals surface area (Å²) < 4.78 is 4.39. The number of rotatable bonds is 22. The molecule has 8 heteroatoms. The third kappa shape index (κ3) is 24.4. The number of aliphatic carboxylic acids is 1. The average molecular weight is 555 g/mol. The van der Waals surface area contributed by atoms with Crippen LogP contribution < -0.4 is 10.6 Å². The van der Waals surface area contributed by atoms with Crippen LogP contribution in [0.2, 0.25) is 0 Å². The van der Waals surface area contributed by atoms with E-state index in [2.05, 4.69) is 83.1 Å². The third-order valence-electron chi connectivity index (χ3n) is 5.31. The Balaban J connectivity index is 3.97. The van der Waals surface area contributed by atoms with E-state index in [-0.39, 0.29) is 25.3 Å². The van der Waals surface area contributed by atoms with Crippen molar-refractivity contribution in [2.75, 3.05) is 13.7 Å². The van der Waals surface area contributed by atoms with Crippen LogP contribution in [0.15, 0.2) is 85.1 Å². The Hall–Kier alpha value is -3.94. The highest BCUT2D eigenvalue weighted by Gasteiger charge is 2.19. The van der Waals surface area contributed by atoms with Crippen LogP contribution in [-0.2, 0) is 23.9 Å². The van der Waals surface area contributed by atoms with Crippen LogP contribution in [0.4, 0.5) is 0 Å². The van der Waals surface area contributed by atoms with E-state index >= 15 is 0 Å². The first kappa shape index (κ1) is 36.1. The van der Waals surface area contributed by atoms with Crippen molar-refractivity contribution in [1.29, 1.82) is 0 Å². The van der Waals surface area contributed by atoms with Gasteiger partial charge in [0.05, 0.1) is 7.11 Å². The molecule has 3 N–H and O–H groups in total. The van der Waals surface area contributed by atoms with E-state index in [0.717, 1.165) is 50.7 Å². The molecule has 0 aliphatic rings. The molecule has 0 aromatic heterocycles. The summed E-state index contributed by atoms with van der Waals surface area (Å²) in [6.07, 6.45) is 34.3. The fourth-order valence-electron chi connectivity index (χ4n) is 3.17. The van der Waals surface area contributed by atoms with Gasteiger partial charge in [0.1, 0.15) is 6.04 Å². The zero-order valence-corrected chi connectivity index (χ0v) is 23.9. The lowest BCUT2D eigenvalue weighted by molar-refractivity contribution is -0.142. The number of methoxy groups -OCH3 is 1. The highest BCUT2D eigenvalue weighted by atomic mass is 16.5. The second kappa shape index (κ2) is 26.7. The molecule has 2 amide bonds. The van der Waals surface area contributed by atoms with Crippen molar-refractivity contribution in [2.45, 2.75) is 77.2 Å². The lowest BCUT2D eigenvalue weighted by Crippen LogP contribution is -2.41. The highest BCUT2D eigenvalue weighted by Crippen LogP contribution is 2.01. The molecule has 0 aliphatic heterocycles. The maximum Gasteiger partial charge on any atom is 0.330 e. The number of ether oxygens (including phenoxy) is 1. The summed E-state index contributed by atoms with van der Waals surface area (Å²) in [5.41, 5.74) is 0.